The predicted molar refractivity (Wildman–Crippen MR) is 69.8 cm³/mol. The number of carbonyl (C=O) groups excluding carboxylic acids is 1. The Morgan fingerprint density at radius 1 is 1.18 bits per heavy atom. The standard InChI is InChI=1S/C13H9Cl2NO/c1-8-4-9(7-17)5-13(16-8)11-3-2-10(14)6-12(11)15/h2-7H,1H3. The Morgan fingerprint density at radius 2 is 1.94 bits per heavy atom. The minimum Gasteiger partial charge on any atom is -0.298 e. The van der Waals surface area contributed by atoms with Gasteiger partial charge in [-0.1, -0.05) is 23.2 Å². The lowest BCUT2D eigenvalue weighted by Gasteiger charge is -2.06. The first-order valence-electron chi connectivity index (χ1n) is 4.99. The first kappa shape index (κ1) is 12.1. The fourth-order valence-corrected chi connectivity index (χ4v) is 2.10. The van der Waals surface area contributed by atoms with Crippen LogP contribution in [-0.4, -0.2) is 11.3 Å². The summed E-state index contributed by atoms with van der Waals surface area (Å²) in [6.45, 7) is 1.83. The largest absolute Gasteiger partial charge is 0.298 e. The molecule has 1 heterocycles. The molecule has 86 valence electrons. The fourth-order valence-electron chi connectivity index (χ4n) is 1.60. The molecule has 0 aliphatic carbocycles. The summed E-state index contributed by atoms with van der Waals surface area (Å²) in [7, 11) is 0. The molecule has 0 aliphatic rings. The Balaban J connectivity index is 2.59. The van der Waals surface area contributed by atoms with Gasteiger partial charge in [-0.15, -0.1) is 0 Å². The van der Waals surface area contributed by atoms with Crippen molar-refractivity contribution < 1.29 is 4.79 Å². The summed E-state index contributed by atoms with van der Waals surface area (Å²) >= 11 is 11.9. The van der Waals surface area contributed by atoms with E-state index in [0.717, 1.165) is 17.5 Å². The minimum absolute atomic E-state index is 0.521. The van der Waals surface area contributed by atoms with E-state index in [9.17, 15) is 4.79 Å². The normalized spacial score (nSPS) is 10.3. The zero-order valence-electron chi connectivity index (χ0n) is 9.08. The molecule has 0 amide bonds. The van der Waals surface area contributed by atoms with Crippen LogP contribution in [0.3, 0.4) is 0 Å². The Morgan fingerprint density at radius 3 is 2.59 bits per heavy atom. The molecule has 1 aromatic heterocycles. The van der Waals surface area contributed by atoms with Crippen LogP contribution in [-0.2, 0) is 0 Å². The van der Waals surface area contributed by atoms with Crippen molar-refractivity contribution in [3.8, 4) is 11.3 Å². The van der Waals surface area contributed by atoms with E-state index < -0.39 is 0 Å². The number of carbonyl (C=O) groups is 1. The maximum absolute atomic E-state index is 10.8. The van der Waals surface area contributed by atoms with E-state index in [0.29, 0.717) is 21.3 Å². The van der Waals surface area contributed by atoms with Gasteiger partial charge in [-0.3, -0.25) is 9.78 Å². The van der Waals surface area contributed by atoms with Gasteiger partial charge in [0.15, 0.2) is 0 Å². The van der Waals surface area contributed by atoms with Gasteiger partial charge in [-0.25, -0.2) is 0 Å². The molecule has 17 heavy (non-hydrogen) atoms. The number of hydrogen-bond acceptors (Lipinski definition) is 2. The van der Waals surface area contributed by atoms with Gasteiger partial charge < -0.3 is 0 Å². The Kier molecular flexibility index (Phi) is 3.46. The van der Waals surface area contributed by atoms with Gasteiger partial charge in [0, 0.05) is 21.8 Å². The number of rotatable bonds is 2. The average Bonchev–Trinajstić information content (AvgIpc) is 2.28. The summed E-state index contributed by atoms with van der Waals surface area (Å²) in [5.74, 6) is 0. The number of aromatic nitrogens is 1. The lowest BCUT2D eigenvalue weighted by atomic mass is 10.1. The van der Waals surface area contributed by atoms with Crippen molar-refractivity contribution in [3.05, 3.63) is 51.6 Å². The molecule has 0 atom stereocenters. The topological polar surface area (TPSA) is 30.0 Å². The van der Waals surface area contributed by atoms with Crippen molar-refractivity contribution in [2.75, 3.05) is 0 Å². The van der Waals surface area contributed by atoms with Crippen molar-refractivity contribution in [2.45, 2.75) is 6.92 Å². The number of aryl methyl sites for hydroxylation is 1. The molecule has 0 saturated carbocycles. The summed E-state index contributed by atoms with van der Waals surface area (Å²) in [6, 6.07) is 8.62. The van der Waals surface area contributed by atoms with Crippen molar-refractivity contribution in [1.29, 1.82) is 0 Å². The zero-order valence-corrected chi connectivity index (χ0v) is 10.6. The van der Waals surface area contributed by atoms with Gasteiger partial charge in [-0.2, -0.15) is 0 Å². The van der Waals surface area contributed by atoms with Gasteiger partial charge in [0.05, 0.1) is 10.7 Å². The van der Waals surface area contributed by atoms with E-state index in [1.165, 1.54) is 0 Å². The molecule has 0 unspecified atom stereocenters. The molecule has 1 aromatic carbocycles. The first-order valence-corrected chi connectivity index (χ1v) is 5.75. The van der Waals surface area contributed by atoms with Gasteiger partial charge in [0.1, 0.15) is 6.29 Å². The third-order valence-electron chi connectivity index (χ3n) is 2.32. The van der Waals surface area contributed by atoms with E-state index in [1.54, 1.807) is 30.3 Å². The predicted octanol–water partition coefficient (Wildman–Crippen LogP) is 4.18. The molecule has 2 rings (SSSR count). The monoisotopic (exact) mass is 265 g/mol. The summed E-state index contributed by atoms with van der Waals surface area (Å²) < 4.78 is 0. The highest BCUT2D eigenvalue weighted by molar-refractivity contribution is 6.36. The molecule has 0 aliphatic heterocycles. The third kappa shape index (κ3) is 2.65. The van der Waals surface area contributed by atoms with Gasteiger partial charge in [0.25, 0.3) is 0 Å². The van der Waals surface area contributed by atoms with Crippen LogP contribution in [0.2, 0.25) is 10.0 Å². The van der Waals surface area contributed by atoms with Crippen molar-refractivity contribution in [1.82, 2.24) is 4.98 Å². The molecule has 2 nitrogen and oxygen atoms in total. The van der Waals surface area contributed by atoms with E-state index >= 15 is 0 Å². The molecular formula is C13H9Cl2NO. The van der Waals surface area contributed by atoms with E-state index in [1.807, 2.05) is 6.92 Å². The summed E-state index contributed by atoms with van der Waals surface area (Å²) in [5, 5.41) is 1.09. The fraction of sp³-hybridized carbons (Fsp3) is 0.0769. The maximum Gasteiger partial charge on any atom is 0.150 e. The van der Waals surface area contributed by atoms with Crippen molar-refractivity contribution in [3.63, 3.8) is 0 Å². The Hall–Kier alpha value is -1.38. The molecule has 0 saturated heterocycles. The van der Waals surface area contributed by atoms with Crippen LogP contribution in [0.1, 0.15) is 16.1 Å². The second-order valence-corrected chi connectivity index (χ2v) is 4.51. The molecule has 2 aromatic rings. The number of pyridine rings is 1. The number of aldehydes is 1. The SMILES string of the molecule is Cc1cc(C=O)cc(-c2ccc(Cl)cc2Cl)n1. The highest BCUT2D eigenvalue weighted by atomic mass is 35.5. The van der Waals surface area contributed by atoms with Gasteiger partial charge >= 0.3 is 0 Å². The van der Waals surface area contributed by atoms with E-state index in [2.05, 4.69) is 4.98 Å². The lowest BCUT2D eigenvalue weighted by Crippen LogP contribution is -1.91. The van der Waals surface area contributed by atoms with E-state index in [-0.39, 0.29) is 0 Å². The molecule has 0 fully saturated rings. The molecule has 0 spiro atoms. The highest BCUT2D eigenvalue weighted by Gasteiger charge is 2.07. The smallest absolute Gasteiger partial charge is 0.150 e. The molecule has 0 bridgehead atoms. The maximum atomic E-state index is 10.8. The minimum atomic E-state index is 0.521. The first-order chi connectivity index (χ1) is 8.10. The van der Waals surface area contributed by atoms with Crippen LogP contribution in [0.4, 0.5) is 0 Å². The average molecular weight is 266 g/mol. The lowest BCUT2D eigenvalue weighted by molar-refractivity contribution is 0.112. The van der Waals surface area contributed by atoms with E-state index in [4.69, 9.17) is 23.2 Å². The zero-order chi connectivity index (χ0) is 12.4. The molecule has 0 radical (unpaired) electrons. The summed E-state index contributed by atoms with van der Waals surface area (Å²) in [5.41, 5.74) is 2.80. The number of halogens is 2. The van der Waals surface area contributed by atoms with Crippen LogP contribution in [0.5, 0.6) is 0 Å². The van der Waals surface area contributed by atoms with Crippen molar-refractivity contribution >= 4 is 29.5 Å². The third-order valence-corrected chi connectivity index (χ3v) is 2.87. The molecular weight excluding hydrogens is 257 g/mol. The van der Waals surface area contributed by atoms with Crippen LogP contribution in [0, 0.1) is 6.92 Å². The Bertz CT molecular complexity index is 582. The summed E-state index contributed by atoms with van der Waals surface area (Å²) in [4.78, 5) is 15.2. The Labute approximate surface area is 109 Å². The summed E-state index contributed by atoms with van der Waals surface area (Å²) in [6.07, 6.45) is 0.794. The quantitative estimate of drug-likeness (QED) is 0.763. The van der Waals surface area contributed by atoms with Crippen LogP contribution in [0.25, 0.3) is 11.3 Å². The second kappa shape index (κ2) is 4.86. The van der Waals surface area contributed by atoms with Crippen LogP contribution in [0.15, 0.2) is 30.3 Å². The van der Waals surface area contributed by atoms with Gasteiger partial charge in [0.2, 0.25) is 0 Å². The van der Waals surface area contributed by atoms with Crippen LogP contribution >= 0.6 is 23.2 Å². The highest BCUT2D eigenvalue weighted by Crippen LogP contribution is 2.29. The van der Waals surface area contributed by atoms with Gasteiger partial charge in [-0.05, 0) is 37.3 Å². The number of benzene rings is 1. The number of nitrogens with zero attached hydrogens (tertiary/aromatic N) is 1. The van der Waals surface area contributed by atoms with Crippen molar-refractivity contribution in [2.24, 2.45) is 0 Å². The number of hydrogen-bond donors (Lipinski definition) is 0. The molecule has 4 heteroatoms. The second-order valence-electron chi connectivity index (χ2n) is 3.67. The van der Waals surface area contributed by atoms with Crippen LogP contribution < -0.4 is 0 Å². The molecule has 0 N–H and O–H groups in total.